The number of anilines is 1. The van der Waals surface area contributed by atoms with E-state index in [1.807, 2.05) is 13.8 Å². The molecule has 6 nitrogen and oxygen atoms in total. The fourth-order valence-corrected chi connectivity index (χ4v) is 2.99. The van der Waals surface area contributed by atoms with Crippen LogP contribution in [0.25, 0.3) is 6.08 Å². The lowest BCUT2D eigenvalue weighted by molar-refractivity contribution is -0.123. The molecule has 2 aromatic carbocycles. The molecule has 0 radical (unpaired) electrons. The first-order chi connectivity index (χ1) is 14.4. The third-order valence-electron chi connectivity index (χ3n) is 4.37. The van der Waals surface area contributed by atoms with E-state index in [1.54, 1.807) is 36.4 Å². The number of fused-ring (bicyclic) bond motifs is 1. The monoisotopic (exact) mass is 412 g/mol. The quantitative estimate of drug-likeness (QED) is 0.532. The van der Waals surface area contributed by atoms with Crippen LogP contribution in [-0.2, 0) is 14.3 Å². The van der Waals surface area contributed by atoms with E-state index >= 15 is 0 Å². The first kappa shape index (κ1) is 21.5. The molecule has 0 bridgehead atoms. The number of nitrogens with one attached hydrogen (secondary N) is 1. The summed E-state index contributed by atoms with van der Waals surface area (Å²) < 4.78 is 24.7. The molecule has 1 N–H and O–H groups in total. The fourth-order valence-electron chi connectivity index (χ4n) is 2.99. The number of benzene rings is 2. The van der Waals surface area contributed by atoms with Gasteiger partial charge in [0.1, 0.15) is 12.4 Å². The second-order valence-corrected chi connectivity index (χ2v) is 7.15. The number of nitrogens with zero attached hydrogens (tertiary/aromatic N) is 1. The summed E-state index contributed by atoms with van der Waals surface area (Å²) >= 11 is 0. The minimum atomic E-state index is -0.462. The van der Waals surface area contributed by atoms with Crippen LogP contribution in [0.4, 0.5) is 10.1 Å². The SMILES string of the molecule is CC(C)OCCCNC(=O)CN1C(=O)C(=Cc2cccc(F)c2)Oc2ccccc21. The molecule has 0 aliphatic carbocycles. The van der Waals surface area contributed by atoms with Crippen LogP contribution in [0.1, 0.15) is 25.8 Å². The van der Waals surface area contributed by atoms with E-state index in [0.717, 1.165) is 0 Å². The predicted octanol–water partition coefficient (Wildman–Crippen LogP) is 3.52. The molecule has 0 unspecified atom stereocenters. The lowest BCUT2D eigenvalue weighted by Gasteiger charge is -2.30. The summed E-state index contributed by atoms with van der Waals surface area (Å²) in [6.07, 6.45) is 2.30. The van der Waals surface area contributed by atoms with Crippen LogP contribution >= 0.6 is 0 Å². The summed E-state index contributed by atoms with van der Waals surface area (Å²) in [4.78, 5) is 26.8. The van der Waals surface area contributed by atoms with Crippen molar-refractivity contribution in [1.82, 2.24) is 5.32 Å². The Labute approximate surface area is 175 Å². The van der Waals surface area contributed by atoms with Crippen LogP contribution in [0.15, 0.2) is 54.3 Å². The molecular formula is C23H25FN2O4. The second kappa shape index (κ2) is 10.0. The maximum Gasteiger partial charge on any atom is 0.294 e. The van der Waals surface area contributed by atoms with E-state index in [-0.39, 0.29) is 24.3 Å². The van der Waals surface area contributed by atoms with Gasteiger partial charge in [-0.3, -0.25) is 14.5 Å². The van der Waals surface area contributed by atoms with Crippen LogP contribution in [0, 0.1) is 5.82 Å². The first-order valence-electron chi connectivity index (χ1n) is 9.88. The molecule has 1 aliphatic heterocycles. The van der Waals surface area contributed by atoms with Crippen LogP contribution in [-0.4, -0.2) is 37.6 Å². The number of rotatable bonds is 8. The highest BCUT2D eigenvalue weighted by molar-refractivity contribution is 6.12. The van der Waals surface area contributed by atoms with E-state index in [2.05, 4.69) is 5.32 Å². The minimum Gasteiger partial charge on any atom is -0.449 e. The van der Waals surface area contributed by atoms with Gasteiger partial charge in [-0.2, -0.15) is 0 Å². The van der Waals surface area contributed by atoms with Gasteiger partial charge in [0.15, 0.2) is 11.5 Å². The van der Waals surface area contributed by atoms with Crippen molar-refractivity contribution in [2.45, 2.75) is 26.4 Å². The summed E-state index contributed by atoms with van der Waals surface area (Å²) in [5.41, 5.74) is 1.00. The smallest absolute Gasteiger partial charge is 0.294 e. The maximum atomic E-state index is 13.5. The highest BCUT2D eigenvalue weighted by Crippen LogP contribution is 2.35. The summed E-state index contributed by atoms with van der Waals surface area (Å²) in [6, 6.07) is 12.8. The molecule has 2 amide bonds. The van der Waals surface area contributed by atoms with Crippen LogP contribution < -0.4 is 15.0 Å². The predicted molar refractivity (Wildman–Crippen MR) is 113 cm³/mol. The van der Waals surface area contributed by atoms with Crippen molar-refractivity contribution in [1.29, 1.82) is 0 Å². The lowest BCUT2D eigenvalue weighted by atomic mass is 10.1. The average Bonchev–Trinajstić information content (AvgIpc) is 2.70. The van der Waals surface area contributed by atoms with Crippen LogP contribution in [0.3, 0.4) is 0 Å². The average molecular weight is 412 g/mol. The third kappa shape index (κ3) is 5.67. The van der Waals surface area contributed by atoms with Crippen molar-refractivity contribution in [2.75, 3.05) is 24.6 Å². The summed E-state index contributed by atoms with van der Waals surface area (Å²) in [7, 11) is 0. The Bertz CT molecular complexity index is 942. The van der Waals surface area contributed by atoms with Crippen LogP contribution in [0.2, 0.25) is 0 Å². The fraction of sp³-hybridized carbons (Fsp3) is 0.304. The van der Waals surface area contributed by atoms with E-state index < -0.39 is 11.7 Å². The molecule has 0 saturated heterocycles. The van der Waals surface area contributed by atoms with Gasteiger partial charge in [-0.25, -0.2) is 4.39 Å². The standard InChI is InChI=1S/C23H25FN2O4/c1-16(2)29-12-6-11-25-22(27)15-26-19-9-3-4-10-20(19)30-21(23(26)28)14-17-7-5-8-18(24)13-17/h3-5,7-10,13-14,16H,6,11-12,15H2,1-2H3,(H,25,27). The van der Waals surface area contributed by atoms with Crippen molar-refractivity contribution >= 4 is 23.6 Å². The van der Waals surface area contributed by atoms with Crippen molar-refractivity contribution < 1.29 is 23.5 Å². The van der Waals surface area contributed by atoms with Gasteiger partial charge in [0, 0.05) is 13.2 Å². The molecule has 7 heteroatoms. The number of carbonyl (C=O) groups is 2. The molecule has 0 spiro atoms. The molecule has 0 saturated carbocycles. The molecular weight excluding hydrogens is 387 g/mol. The lowest BCUT2D eigenvalue weighted by Crippen LogP contribution is -2.44. The van der Waals surface area contributed by atoms with Gasteiger partial charge >= 0.3 is 0 Å². The molecule has 2 aromatic rings. The van der Waals surface area contributed by atoms with E-state index in [9.17, 15) is 14.0 Å². The number of amides is 2. The van der Waals surface area contributed by atoms with Gasteiger partial charge in [-0.1, -0.05) is 24.3 Å². The molecule has 3 rings (SSSR count). The number of carbonyl (C=O) groups excluding carboxylic acids is 2. The molecule has 1 heterocycles. The van der Waals surface area contributed by atoms with Gasteiger partial charge in [0.2, 0.25) is 5.91 Å². The van der Waals surface area contributed by atoms with E-state index in [1.165, 1.54) is 23.1 Å². The largest absolute Gasteiger partial charge is 0.449 e. The van der Waals surface area contributed by atoms with Gasteiger partial charge in [0.25, 0.3) is 5.91 Å². The molecule has 0 atom stereocenters. The highest BCUT2D eigenvalue weighted by atomic mass is 19.1. The second-order valence-electron chi connectivity index (χ2n) is 7.15. The topological polar surface area (TPSA) is 67.9 Å². The van der Waals surface area contributed by atoms with Gasteiger partial charge in [-0.15, -0.1) is 0 Å². The molecule has 1 aliphatic rings. The summed E-state index contributed by atoms with van der Waals surface area (Å²) in [5.74, 6) is -0.674. The van der Waals surface area contributed by atoms with Crippen molar-refractivity contribution in [3.05, 3.63) is 65.7 Å². The van der Waals surface area contributed by atoms with Gasteiger partial charge in [-0.05, 0) is 56.2 Å². The van der Waals surface area contributed by atoms with Crippen molar-refractivity contribution in [3.63, 3.8) is 0 Å². The number of para-hydroxylation sites is 2. The first-order valence-corrected chi connectivity index (χ1v) is 9.88. The molecule has 0 aromatic heterocycles. The third-order valence-corrected chi connectivity index (χ3v) is 4.37. The zero-order valence-electron chi connectivity index (χ0n) is 17.1. The Morgan fingerprint density at radius 1 is 1.23 bits per heavy atom. The zero-order chi connectivity index (χ0) is 21.5. The summed E-state index contributed by atoms with van der Waals surface area (Å²) in [6.45, 7) is 4.77. The Morgan fingerprint density at radius 2 is 2.03 bits per heavy atom. The Balaban J connectivity index is 1.72. The number of ether oxygens (including phenoxy) is 2. The van der Waals surface area contributed by atoms with E-state index in [4.69, 9.17) is 9.47 Å². The number of hydrogen-bond donors (Lipinski definition) is 1. The molecule has 30 heavy (non-hydrogen) atoms. The Morgan fingerprint density at radius 3 is 2.80 bits per heavy atom. The van der Waals surface area contributed by atoms with Crippen molar-refractivity contribution in [3.8, 4) is 5.75 Å². The molecule has 0 fully saturated rings. The zero-order valence-corrected chi connectivity index (χ0v) is 17.1. The van der Waals surface area contributed by atoms with Gasteiger partial charge < -0.3 is 14.8 Å². The Kier molecular flexibility index (Phi) is 7.19. The maximum absolute atomic E-state index is 13.5. The summed E-state index contributed by atoms with van der Waals surface area (Å²) in [5, 5.41) is 2.80. The normalized spacial score (nSPS) is 14.6. The van der Waals surface area contributed by atoms with Crippen LogP contribution in [0.5, 0.6) is 5.75 Å². The minimum absolute atomic E-state index is 0.0254. The van der Waals surface area contributed by atoms with Gasteiger partial charge in [0.05, 0.1) is 11.8 Å². The van der Waals surface area contributed by atoms with Crippen molar-refractivity contribution in [2.24, 2.45) is 0 Å². The number of hydrogen-bond acceptors (Lipinski definition) is 4. The Hall–Kier alpha value is -3.19. The van der Waals surface area contributed by atoms with E-state index in [0.29, 0.717) is 36.6 Å². The highest BCUT2D eigenvalue weighted by Gasteiger charge is 2.31. The number of halogens is 1. The molecule has 158 valence electrons.